The van der Waals surface area contributed by atoms with Crippen LogP contribution in [0.1, 0.15) is 40.0 Å². The largest absolute Gasteiger partial charge is 0.550 e. The van der Waals surface area contributed by atoms with Crippen LogP contribution in [0, 0.1) is 16.7 Å². The van der Waals surface area contributed by atoms with Gasteiger partial charge in [0.1, 0.15) is 0 Å². The van der Waals surface area contributed by atoms with Gasteiger partial charge < -0.3 is 9.90 Å². The molecular formula is C13H18NO4-. The Morgan fingerprint density at radius 3 is 2.56 bits per heavy atom. The fraction of sp³-hybridized carbons (Fsp3) is 0.769. The number of rotatable bonds is 3. The van der Waals surface area contributed by atoms with Crippen LogP contribution >= 0.6 is 0 Å². The summed E-state index contributed by atoms with van der Waals surface area (Å²) in [7, 11) is 0. The molecule has 0 N–H and O–H groups in total. The molecule has 1 saturated heterocycles. The maximum atomic E-state index is 12.4. The topological polar surface area (TPSA) is 77.5 Å². The number of imide groups is 1. The van der Waals surface area contributed by atoms with Crippen LogP contribution in [0.15, 0.2) is 0 Å². The smallest absolute Gasteiger partial charge is 0.235 e. The Morgan fingerprint density at radius 2 is 2.00 bits per heavy atom. The zero-order chi connectivity index (χ0) is 13.7. The number of piperidine rings is 1. The van der Waals surface area contributed by atoms with Crippen LogP contribution in [-0.2, 0) is 14.4 Å². The van der Waals surface area contributed by atoms with Crippen molar-refractivity contribution in [3.05, 3.63) is 0 Å². The first-order chi connectivity index (χ1) is 8.22. The SMILES string of the molecule is CC1(C)[C@H]2CC[C@@]1(C)C(=O)N(CCC(=O)[O-])C2=O. The van der Waals surface area contributed by atoms with Crippen LogP contribution in [0.4, 0.5) is 0 Å². The Balaban J connectivity index is 2.30. The van der Waals surface area contributed by atoms with Crippen molar-refractivity contribution >= 4 is 17.8 Å². The molecule has 5 nitrogen and oxygen atoms in total. The minimum Gasteiger partial charge on any atom is -0.550 e. The number of likely N-dealkylation sites (tertiary alicyclic amines) is 1. The van der Waals surface area contributed by atoms with Gasteiger partial charge in [-0.2, -0.15) is 0 Å². The Bertz CT molecular complexity index is 429. The molecule has 0 spiro atoms. The molecule has 100 valence electrons. The lowest BCUT2D eigenvalue weighted by Crippen LogP contribution is -2.59. The monoisotopic (exact) mass is 252 g/mol. The summed E-state index contributed by atoms with van der Waals surface area (Å²) in [5.74, 6) is -1.87. The Hall–Kier alpha value is -1.39. The zero-order valence-electron chi connectivity index (χ0n) is 11.0. The van der Waals surface area contributed by atoms with Crippen molar-refractivity contribution in [2.45, 2.75) is 40.0 Å². The van der Waals surface area contributed by atoms with E-state index in [4.69, 9.17) is 0 Å². The number of nitrogens with zero attached hydrogens (tertiary/aromatic N) is 1. The molecule has 1 heterocycles. The molecule has 5 heteroatoms. The van der Waals surface area contributed by atoms with Crippen molar-refractivity contribution < 1.29 is 19.5 Å². The standard InChI is InChI=1S/C13H19NO4/c1-12(2)8-4-6-13(12,3)11(18)14(10(8)17)7-5-9(15)16/h8H,4-7H2,1-3H3,(H,15,16)/p-1/t8-,13-/m0/s1. The molecule has 1 aliphatic carbocycles. The van der Waals surface area contributed by atoms with Gasteiger partial charge in [0.25, 0.3) is 0 Å². The molecule has 2 amide bonds. The van der Waals surface area contributed by atoms with E-state index in [9.17, 15) is 19.5 Å². The third-order valence-electron chi connectivity index (χ3n) is 5.05. The van der Waals surface area contributed by atoms with Gasteiger partial charge in [-0.25, -0.2) is 0 Å². The second-order valence-electron chi connectivity index (χ2n) is 6.06. The summed E-state index contributed by atoms with van der Waals surface area (Å²) in [6.07, 6.45) is 1.10. The highest BCUT2D eigenvalue weighted by molar-refractivity contribution is 6.04. The van der Waals surface area contributed by atoms with Gasteiger partial charge in [-0.05, 0) is 18.3 Å². The molecule has 0 radical (unpaired) electrons. The molecule has 18 heavy (non-hydrogen) atoms. The maximum absolute atomic E-state index is 12.4. The summed E-state index contributed by atoms with van der Waals surface area (Å²) in [5, 5.41) is 10.5. The first kappa shape index (κ1) is 13.1. The van der Waals surface area contributed by atoms with Crippen molar-refractivity contribution in [3.63, 3.8) is 0 Å². The van der Waals surface area contributed by atoms with E-state index in [0.717, 1.165) is 4.90 Å². The number of fused-ring (bicyclic) bond motifs is 2. The van der Waals surface area contributed by atoms with Crippen molar-refractivity contribution in [2.75, 3.05) is 6.54 Å². The number of amides is 2. The molecule has 2 rings (SSSR count). The van der Waals surface area contributed by atoms with E-state index < -0.39 is 11.4 Å². The van der Waals surface area contributed by atoms with Crippen LogP contribution in [-0.4, -0.2) is 29.2 Å². The van der Waals surface area contributed by atoms with E-state index in [0.29, 0.717) is 12.8 Å². The van der Waals surface area contributed by atoms with Gasteiger partial charge >= 0.3 is 0 Å². The van der Waals surface area contributed by atoms with E-state index >= 15 is 0 Å². The van der Waals surface area contributed by atoms with Gasteiger partial charge in [0.15, 0.2) is 0 Å². The fourth-order valence-corrected chi connectivity index (χ4v) is 3.32. The van der Waals surface area contributed by atoms with Gasteiger partial charge in [-0.3, -0.25) is 14.5 Å². The van der Waals surface area contributed by atoms with Crippen molar-refractivity contribution in [3.8, 4) is 0 Å². The summed E-state index contributed by atoms with van der Waals surface area (Å²) in [4.78, 5) is 36.3. The maximum Gasteiger partial charge on any atom is 0.235 e. The minimum atomic E-state index is -1.24. The number of carbonyl (C=O) groups excluding carboxylic acids is 3. The highest BCUT2D eigenvalue weighted by atomic mass is 16.4. The van der Waals surface area contributed by atoms with E-state index in [1.54, 1.807) is 0 Å². The van der Waals surface area contributed by atoms with Crippen molar-refractivity contribution in [2.24, 2.45) is 16.7 Å². The first-order valence-electron chi connectivity index (χ1n) is 6.27. The molecule has 0 aromatic carbocycles. The normalized spacial score (nSPS) is 33.9. The molecule has 1 aliphatic heterocycles. The van der Waals surface area contributed by atoms with Gasteiger partial charge in [-0.1, -0.05) is 20.8 Å². The van der Waals surface area contributed by atoms with E-state index in [2.05, 4.69) is 0 Å². The van der Waals surface area contributed by atoms with Crippen molar-refractivity contribution in [1.82, 2.24) is 4.90 Å². The van der Waals surface area contributed by atoms with Crippen LogP contribution in [0.3, 0.4) is 0 Å². The average Bonchev–Trinajstić information content (AvgIpc) is 2.44. The zero-order valence-corrected chi connectivity index (χ0v) is 11.0. The van der Waals surface area contributed by atoms with E-state index in [1.165, 1.54) is 0 Å². The van der Waals surface area contributed by atoms with Crippen LogP contribution in [0.2, 0.25) is 0 Å². The van der Waals surface area contributed by atoms with Gasteiger partial charge in [0.2, 0.25) is 11.8 Å². The minimum absolute atomic E-state index is 0.0673. The molecule has 2 fully saturated rings. The third-order valence-corrected chi connectivity index (χ3v) is 5.05. The number of carboxylic acid groups (broad SMARTS) is 1. The highest BCUT2D eigenvalue weighted by Gasteiger charge is 2.64. The van der Waals surface area contributed by atoms with Crippen LogP contribution < -0.4 is 5.11 Å². The molecule has 0 unspecified atom stereocenters. The Morgan fingerprint density at radius 1 is 1.39 bits per heavy atom. The molecule has 0 aromatic heterocycles. The summed E-state index contributed by atoms with van der Waals surface area (Å²) < 4.78 is 0. The molecule has 2 atom stereocenters. The number of carbonyl (C=O) groups is 3. The van der Waals surface area contributed by atoms with E-state index in [1.807, 2.05) is 20.8 Å². The average molecular weight is 252 g/mol. The summed E-state index contributed by atoms with van der Waals surface area (Å²) in [6.45, 7) is 5.73. The number of hydrogen-bond acceptors (Lipinski definition) is 4. The summed E-state index contributed by atoms with van der Waals surface area (Å²) >= 11 is 0. The summed E-state index contributed by atoms with van der Waals surface area (Å²) in [6, 6.07) is 0. The van der Waals surface area contributed by atoms with Crippen LogP contribution in [0.5, 0.6) is 0 Å². The van der Waals surface area contributed by atoms with Gasteiger partial charge in [0.05, 0.1) is 5.41 Å². The molecule has 2 aliphatic rings. The Kier molecular flexibility index (Phi) is 2.76. The molecule has 0 aromatic rings. The predicted molar refractivity (Wildman–Crippen MR) is 61.0 cm³/mol. The fourth-order valence-electron chi connectivity index (χ4n) is 3.32. The number of hydrogen-bond donors (Lipinski definition) is 0. The molecule has 1 saturated carbocycles. The quantitative estimate of drug-likeness (QED) is 0.659. The van der Waals surface area contributed by atoms with Gasteiger partial charge in [0, 0.05) is 24.9 Å². The van der Waals surface area contributed by atoms with Crippen molar-refractivity contribution in [1.29, 1.82) is 0 Å². The van der Waals surface area contributed by atoms with Crippen LogP contribution in [0.25, 0.3) is 0 Å². The van der Waals surface area contributed by atoms with E-state index in [-0.39, 0.29) is 36.1 Å². The molecule has 2 bridgehead atoms. The molecular weight excluding hydrogens is 234 g/mol. The number of carboxylic acids is 1. The lowest BCUT2D eigenvalue weighted by Gasteiger charge is -2.47. The second-order valence-corrected chi connectivity index (χ2v) is 6.06. The lowest BCUT2D eigenvalue weighted by atomic mass is 9.62. The van der Waals surface area contributed by atoms with Gasteiger partial charge in [-0.15, -0.1) is 0 Å². The third kappa shape index (κ3) is 1.49. The number of aliphatic carboxylic acids is 1. The first-order valence-corrected chi connectivity index (χ1v) is 6.27. The summed E-state index contributed by atoms with van der Waals surface area (Å²) in [5.41, 5.74) is -0.906. The predicted octanol–water partition coefficient (Wildman–Crippen LogP) is -0.0623. The second kappa shape index (κ2) is 3.80. The lowest BCUT2D eigenvalue weighted by molar-refractivity contribution is -0.305. The highest BCUT2D eigenvalue weighted by Crippen LogP contribution is 2.59. The Labute approximate surface area is 106 Å².